The van der Waals surface area contributed by atoms with Crippen LogP contribution in [0, 0.1) is 0 Å². The van der Waals surface area contributed by atoms with Crippen LogP contribution in [-0.2, 0) is 24.5 Å². The third-order valence-corrected chi connectivity index (χ3v) is 12.7. The smallest absolute Gasteiger partial charge is 0.426 e. The van der Waals surface area contributed by atoms with Crippen molar-refractivity contribution in [2.24, 2.45) is 0 Å². The number of ether oxygens (including phenoxy) is 4. The zero-order chi connectivity index (χ0) is 34.7. The summed E-state index contributed by atoms with van der Waals surface area (Å²) >= 11 is 0. The summed E-state index contributed by atoms with van der Waals surface area (Å²) < 4.78 is 57.0. The number of carbonyl (C=O) groups is 2. The first kappa shape index (κ1) is 37.3. The largest absolute Gasteiger partial charge is 0.494 e. The molecule has 0 atom stereocenters. The molecule has 0 amide bonds. The van der Waals surface area contributed by atoms with E-state index in [9.17, 15) is 18.4 Å². The van der Waals surface area contributed by atoms with E-state index in [2.05, 4.69) is 32.7 Å². The highest BCUT2D eigenvalue weighted by Crippen LogP contribution is 2.33. The van der Waals surface area contributed by atoms with Crippen LogP contribution in [0.25, 0.3) is 6.08 Å². The summed E-state index contributed by atoms with van der Waals surface area (Å²) in [6.07, 6.45) is 0.238. The lowest BCUT2D eigenvalue weighted by atomic mass is 10.2. The molecule has 4 N–H and O–H groups in total. The van der Waals surface area contributed by atoms with E-state index in [0.29, 0.717) is 29.3 Å². The number of nitrogen functional groups attached to an aromatic ring is 2. The van der Waals surface area contributed by atoms with Gasteiger partial charge >= 0.3 is 18.0 Å². The third kappa shape index (κ3) is 13.6. The Bertz CT molecular complexity index is 1490. The summed E-state index contributed by atoms with van der Waals surface area (Å²) in [6.45, 7) is 11.5. The fraction of sp³-hybridized carbons (Fsp3) is 0.353. The van der Waals surface area contributed by atoms with E-state index >= 15 is 0 Å². The van der Waals surface area contributed by atoms with Crippen LogP contribution in [-0.4, -0.2) is 48.4 Å². The fourth-order valence-electron chi connectivity index (χ4n) is 4.65. The van der Waals surface area contributed by atoms with Gasteiger partial charge in [0.15, 0.2) is 16.6 Å². The predicted molar refractivity (Wildman–Crippen MR) is 184 cm³/mol. The van der Waals surface area contributed by atoms with Crippen LogP contribution in [0.15, 0.2) is 72.8 Å². The zero-order valence-corrected chi connectivity index (χ0v) is 29.5. The molecule has 0 aromatic heterocycles. The molecule has 13 heteroatoms. The maximum atomic E-state index is 14.9. The van der Waals surface area contributed by atoms with Gasteiger partial charge in [-0.25, -0.2) is 9.59 Å². The molecule has 0 saturated carbocycles. The fourth-order valence-corrected chi connectivity index (χ4v) is 12.7. The highest BCUT2D eigenvalue weighted by molar-refractivity contribution is 6.84. The maximum Gasteiger partial charge on any atom is 0.426 e. The predicted octanol–water partition coefficient (Wildman–Crippen LogP) is 7.61. The summed E-state index contributed by atoms with van der Waals surface area (Å²) in [7, 11) is -3.35. The van der Waals surface area contributed by atoms with E-state index in [0.717, 1.165) is 12.5 Å². The molecule has 3 aromatic carbocycles. The van der Waals surface area contributed by atoms with Crippen molar-refractivity contribution >= 4 is 46.0 Å². The highest BCUT2D eigenvalue weighted by Gasteiger charge is 2.34. The quantitative estimate of drug-likeness (QED) is 0.0484. The summed E-state index contributed by atoms with van der Waals surface area (Å²) in [6, 6.07) is 16.8. The maximum absolute atomic E-state index is 14.9. The average molecular weight is 687 g/mol. The van der Waals surface area contributed by atoms with Crippen molar-refractivity contribution in [1.82, 2.24) is 0 Å². The summed E-state index contributed by atoms with van der Waals surface area (Å²) in [5, 5.41) is 0. The number of carbonyl (C=O) groups excluding carboxylic acids is 2. The van der Waals surface area contributed by atoms with E-state index in [1.165, 1.54) is 78.9 Å². The Balaban J connectivity index is 1.38. The van der Waals surface area contributed by atoms with E-state index in [1.54, 1.807) is 0 Å². The lowest BCUT2D eigenvalue weighted by Gasteiger charge is -2.31. The van der Waals surface area contributed by atoms with E-state index in [4.69, 9.17) is 34.5 Å². The van der Waals surface area contributed by atoms with Gasteiger partial charge in [0.25, 0.3) is 0 Å². The Morgan fingerprint density at radius 1 is 0.787 bits per heavy atom. The molecule has 0 radical (unpaired) electrons. The van der Waals surface area contributed by atoms with Crippen LogP contribution in [0.3, 0.4) is 0 Å². The van der Waals surface area contributed by atoms with Crippen molar-refractivity contribution in [3.05, 3.63) is 89.5 Å². The third-order valence-electron chi connectivity index (χ3n) is 6.48. The van der Waals surface area contributed by atoms with Crippen LogP contribution < -0.4 is 20.9 Å². The van der Waals surface area contributed by atoms with Gasteiger partial charge in [-0.3, -0.25) is 0 Å². The van der Waals surface area contributed by atoms with Crippen molar-refractivity contribution in [2.45, 2.75) is 57.7 Å². The zero-order valence-electron chi connectivity index (χ0n) is 27.5. The Morgan fingerprint density at radius 3 is 2.00 bits per heavy atom. The Hall–Kier alpha value is -4.21. The minimum absolute atomic E-state index is 0.0263. The number of rotatable bonds is 17. The molecule has 0 unspecified atom stereocenters. The molecule has 3 aromatic rings. The molecule has 9 nitrogen and oxygen atoms in total. The lowest BCUT2D eigenvalue weighted by molar-refractivity contribution is -0.185. The molecule has 0 aliphatic carbocycles. The Morgan fingerprint density at radius 2 is 1.38 bits per heavy atom. The van der Waals surface area contributed by atoms with E-state index < -0.39 is 34.7 Å². The second-order valence-corrected chi connectivity index (χ2v) is 21.6. The highest BCUT2D eigenvalue weighted by atomic mass is 28.4. The summed E-state index contributed by atoms with van der Waals surface area (Å²) in [4.78, 5) is 24.1. The average Bonchev–Trinajstić information content (AvgIpc) is 2.97. The number of hydrogen-bond acceptors (Lipinski definition) is 9. The van der Waals surface area contributed by atoms with Crippen molar-refractivity contribution < 1.29 is 41.4 Å². The molecule has 0 aliphatic rings. The monoisotopic (exact) mass is 686 g/mol. The first-order chi connectivity index (χ1) is 22.0. The molecule has 47 heavy (non-hydrogen) atoms. The Kier molecular flexibility index (Phi) is 13.1. The number of esters is 2. The molecular weight excluding hydrogens is 643 g/mol. The molecule has 0 bridgehead atoms. The Labute approximate surface area is 277 Å². The number of halogens is 2. The molecule has 3 rings (SSSR count). The first-order valence-electron chi connectivity index (χ1n) is 15.3. The number of anilines is 2. The van der Waals surface area contributed by atoms with Gasteiger partial charge in [0, 0.05) is 23.9 Å². The van der Waals surface area contributed by atoms with Gasteiger partial charge in [0.2, 0.25) is 0 Å². The molecule has 0 spiro atoms. The number of alkyl halides is 2. The minimum Gasteiger partial charge on any atom is -0.494 e. The van der Waals surface area contributed by atoms with Crippen LogP contribution >= 0.6 is 0 Å². The summed E-state index contributed by atoms with van der Waals surface area (Å²) in [5.74, 6) is -0.731. The van der Waals surface area contributed by atoms with Crippen LogP contribution in [0.1, 0.15) is 34.3 Å². The van der Waals surface area contributed by atoms with Crippen LogP contribution in [0.2, 0.25) is 38.8 Å². The second-order valence-electron chi connectivity index (χ2n) is 12.5. The van der Waals surface area contributed by atoms with Crippen LogP contribution in [0.4, 0.5) is 20.2 Å². The first-order valence-corrected chi connectivity index (χ1v) is 21.8. The van der Waals surface area contributed by atoms with E-state index in [1.807, 2.05) is 0 Å². The topological polar surface area (TPSA) is 132 Å². The second kappa shape index (κ2) is 16.6. The van der Waals surface area contributed by atoms with E-state index in [-0.39, 0.29) is 36.5 Å². The van der Waals surface area contributed by atoms with Gasteiger partial charge < -0.3 is 34.5 Å². The number of hydrogen-bond donors (Lipinski definition) is 2. The summed E-state index contributed by atoms with van der Waals surface area (Å²) in [5.41, 5.74) is 12.5. The molecule has 0 fully saturated rings. The van der Waals surface area contributed by atoms with Gasteiger partial charge in [-0.15, -0.1) is 0 Å². The molecular formula is C34H44F2N2O7Si2. The normalized spacial score (nSPS) is 12.1. The number of nitrogens with two attached hydrogens (primary N) is 2. The number of benzene rings is 3. The standard InChI is InChI=1S/C34H44F2N2O7Si2/c1-46(2,3)45-47(4,5)21-7-20-41-30-15-11-27(12-16-30)34(35,36)44-31-13-8-25(9-14-31)10-17-32(39)42-18-6-19-43-33(40)26-22-28(37)24-29(38)23-26/h8-17,22-24H,6-7,18-21,37-38H2,1-5H3/b17-10+. The molecule has 0 heterocycles. The van der Waals surface area contributed by atoms with Gasteiger partial charge in [-0.1, -0.05) is 12.1 Å². The molecule has 0 aliphatic heterocycles. The van der Waals surface area contributed by atoms with Crippen molar-refractivity contribution in [1.29, 1.82) is 0 Å². The lowest BCUT2D eigenvalue weighted by Crippen LogP contribution is -2.42. The van der Waals surface area contributed by atoms with Crippen molar-refractivity contribution in [2.75, 3.05) is 31.3 Å². The SMILES string of the molecule is C[Si](C)(C)O[Si](C)(C)CCCOc1ccc(C(F)(F)Oc2ccc(/C=C/C(=O)OCCCOC(=O)c3cc(N)cc(N)c3)cc2)cc1. The van der Waals surface area contributed by atoms with Gasteiger partial charge in [0.1, 0.15) is 11.5 Å². The van der Waals surface area contributed by atoms with Gasteiger partial charge in [-0.05, 0) is 111 Å². The van der Waals surface area contributed by atoms with Crippen molar-refractivity contribution in [3.63, 3.8) is 0 Å². The molecule has 254 valence electrons. The van der Waals surface area contributed by atoms with Crippen molar-refractivity contribution in [3.8, 4) is 11.5 Å². The van der Waals surface area contributed by atoms with Gasteiger partial charge in [0.05, 0.1) is 30.9 Å². The minimum atomic E-state index is -3.57. The van der Waals surface area contributed by atoms with Crippen LogP contribution in [0.5, 0.6) is 11.5 Å². The molecule has 0 saturated heterocycles. The van der Waals surface area contributed by atoms with Gasteiger partial charge in [-0.2, -0.15) is 8.78 Å².